The fourth-order valence-corrected chi connectivity index (χ4v) is 3.72. The first-order chi connectivity index (χ1) is 9.56. The molecule has 100 valence electrons. The van der Waals surface area contributed by atoms with Crippen molar-refractivity contribution in [2.75, 3.05) is 0 Å². The summed E-state index contributed by atoms with van der Waals surface area (Å²) in [5.41, 5.74) is 2.84. The molecule has 0 saturated heterocycles. The molecule has 3 aromatic rings. The van der Waals surface area contributed by atoms with Crippen LogP contribution in [0.5, 0.6) is 0 Å². The summed E-state index contributed by atoms with van der Waals surface area (Å²) in [6.07, 6.45) is 0. The molecular weight excluding hydrogens is 388 g/mol. The van der Waals surface area contributed by atoms with Gasteiger partial charge in [0.25, 0.3) is 5.69 Å². The van der Waals surface area contributed by atoms with Gasteiger partial charge in [-0.25, -0.2) is 0 Å². The molecule has 20 heavy (non-hydrogen) atoms. The number of hydrogen-bond acceptors (Lipinski definition) is 2. The smallest absolute Gasteiger partial charge is 0.271 e. The van der Waals surface area contributed by atoms with Crippen molar-refractivity contribution in [2.24, 2.45) is 0 Å². The second-order valence-corrected chi connectivity index (χ2v) is 6.02. The molecule has 0 amide bonds. The second-order valence-electron chi connectivity index (χ2n) is 4.31. The Morgan fingerprint density at radius 3 is 2.30 bits per heavy atom. The normalized spacial score (nSPS) is 10.9. The number of rotatable bonds is 2. The van der Waals surface area contributed by atoms with Gasteiger partial charge in [0.05, 0.1) is 4.92 Å². The quantitative estimate of drug-likeness (QED) is 0.474. The minimum atomic E-state index is -0.412. The van der Waals surface area contributed by atoms with E-state index in [2.05, 4.69) is 36.8 Å². The summed E-state index contributed by atoms with van der Waals surface area (Å²) < 4.78 is 1.34. The monoisotopic (exact) mass is 394 g/mol. The standard InChI is InChI=1S/C14H8Br2N2O2/c15-10-6-9(18(19)20)7-11(16)14(10)13-5-8-3-1-2-4-12(8)17-13/h1-7,17H. The van der Waals surface area contributed by atoms with Crippen molar-refractivity contribution in [2.45, 2.75) is 0 Å². The van der Waals surface area contributed by atoms with E-state index in [1.807, 2.05) is 30.3 Å². The third-order valence-electron chi connectivity index (χ3n) is 3.04. The van der Waals surface area contributed by atoms with E-state index in [1.165, 1.54) is 12.1 Å². The minimum absolute atomic E-state index is 0.0450. The predicted octanol–water partition coefficient (Wildman–Crippen LogP) is 5.27. The number of nitrogens with zero attached hydrogens (tertiary/aromatic N) is 1. The average molecular weight is 396 g/mol. The van der Waals surface area contributed by atoms with Gasteiger partial charge in [0.15, 0.2) is 0 Å². The van der Waals surface area contributed by atoms with E-state index in [-0.39, 0.29) is 5.69 Å². The Morgan fingerprint density at radius 2 is 1.70 bits per heavy atom. The number of nitro benzene ring substituents is 1. The molecule has 1 heterocycles. The number of hydrogen-bond donors (Lipinski definition) is 1. The highest BCUT2D eigenvalue weighted by atomic mass is 79.9. The molecule has 0 fully saturated rings. The minimum Gasteiger partial charge on any atom is -0.354 e. The van der Waals surface area contributed by atoms with E-state index in [0.29, 0.717) is 8.95 Å². The van der Waals surface area contributed by atoms with Crippen LogP contribution >= 0.6 is 31.9 Å². The highest BCUT2D eigenvalue weighted by Crippen LogP contribution is 2.38. The Hall–Kier alpha value is -1.66. The van der Waals surface area contributed by atoms with Crippen LogP contribution < -0.4 is 0 Å². The molecule has 0 aliphatic rings. The van der Waals surface area contributed by atoms with E-state index in [4.69, 9.17) is 0 Å². The molecule has 1 N–H and O–H groups in total. The zero-order valence-electron chi connectivity index (χ0n) is 10.1. The summed E-state index contributed by atoms with van der Waals surface area (Å²) in [7, 11) is 0. The molecule has 0 spiro atoms. The van der Waals surface area contributed by atoms with Crippen LogP contribution in [0.25, 0.3) is 22.2 Å². The summed E-state index contributed by atoms with van der Waals surface area (Å²) in [5.74, 6) is 0. The van der Waals surface area contributed by atoms with Crippen molar-refractivity contribution in [1.82, 2.24) is 4.98 Å². The molecule has 0 unspecified atom stereocenters. The average Bonchev–Trinajstić information content (AvgIpc) is 2.80. The topological polar surface area (TPSA) is 58.9 Å². The predicted molar refractivity (Wildman–Crippen MR) is 85.8 cm³/mol. The highest BCUT2D eigenvalue weighted by molar-refractivity contribution is 9.11. The summed E-state index contributed by atoms with van der Waals surface area (Å²) in [6.45, 7) is 0. The van der Waals surface area contributed by atoms with Crippen LogP contribution in [-0.2, 0) is 0 Å². The van der Waals surface area contributed by atoms with Crippen molar-refractivity contribution < 1.29 is 4.92 Å². The Morgan fingerprint density at radius 1 is 1.05 bits per heavy atom. The first-order valence-corrected chi connectivity index (χ1v) is 7.36. The summed E-state index contributed by atoms with van der Waals surface area (Å²) in [5, 5.41) is 11.9. The van der Waals surface area contributed by atoms with Crippen LogP contribution in [0, 0.1) is 10.1 Å². The Bertz CT molecular complexity index is 771. The number of aromatic amines is 1. The number of nitrogens with one attached hydrogen (secondary N) is 1. The number of non-ortho nitro benzene ring substituents is 1. The molecule has 0 aliphatic heterocycles. The van der Waals surface area contributed by atoms with Crippen LogP contribution in [0.4, 0.5) is 5.69 Å². The van der Waals surface area contributed by atoms with E-state index in [0.717, 1.165) is 22.2 Å². The summed E-state index contributed by atoms with van der Waals surface area (Å²) >= 11 is 6.81. The maximum Gasteiger partial charge on any atom is 0.271 e. The largest absolute Gasteiger partial charge is 0.354 e. The molecule has 0 aliphatic carbocycles. The van der Waals surface area contributed by atoms with Gasteiger partial charge in [-0.05, 0) is 44.0 Å². The Balaban J connectivity index is 2.21. The van der Waals surface area contributed by atoms with Gasteiger partial charge in [-0.15, -0.1) is 0 Å². The van der Waals surface area contributed by atoms with E-state index in [9.17, 15) is 10.1 Å². The van der Waals surface area contributed by atoms with Crippen molar-refractivity contribution in [3.8, 4) is 11.3 Å². The number of nitro groups is 1. The molecule has 1 aromatic heterocycles. The lowest BCUT2D eigenvalue weighted by Crippen LogP contribution is -1.90. The fourth-order valence-electron chi connectivity index (χ4n) is 2.13. The molecular formula is C14H8Br2N2O2. The lowest BCUT2D eigenvalue weighted by Gasteiger charge is -2.05. The van der Waals surface area contributed by atoms with Crippen molar-refractivity contribution in [3.05, 3.63) is 61.5 Å². The molecule has 0 atom stereocenters. The number of halogens is 2. The van der Waals surface area contributed by atoms with Crippen molar-refractivity contribution >= 4 is 48.5 Å². The van der Waals surface area contributed by atoms with Gasteiger partial charge >= 0.3 is 0 Å². The van der Waals surface area contributed by atoms with Crippen LogP contribution in [0.15, 0.2) is 51.4 Å². The number of benzene rings is 2. The van der Waals surface area contributed by atoms with Gasteiger partial charge in [-0.3, -0.25) is 10.1 Å². The summed E-state index contributed by atoms with van der Waals surface area (Å²) in [6, 6.07) is 13.0. The Kier molecular flexibility index (Phi) is 3.35. The zero-order valence-corrected chi connectivity index (χ0v) is 13.2. The van der Waals surface area contributed by atoms with E-state index < -0.39 is 4.92 Å². The summed E-state index contributed by atoms with van der Waals surface area (Å²) in [4.78, 5) is 13.8. The van der Waals surface area contributed by atoms with Crippen LogP contribution in [0.1, 0.15) is 0 Å². The first kappa shape index (κ1) is 13.3. The highest BCUT2D eigenvalue weighted by Gasteiger charge is 2.16. The number of fused-ring (bicyclic) bond motifs is 1. The number of H-pyrrole nitrogens is 1. The third kappa shape index (κ3) is 2.25. The number of aromatic nitrogens is 1. The second kappa shape index (κ2) is 5.03. The van der Waals surface area contributed by atoms with Crippen LogP contribution in [0.2, 0.25) is 0 Å². The molecule has 2 aromatic carbocycles. The third-order valence-corrected chi connectivity index (χ3v) is 4.29. The van der Waals surface area contributed by atoms with Gasteiger partial charge in [-0.1, -0.05) is 18.2 Å². The van der Waals surface area contributed by atoms with Gasteiger partial charge in [0.1, 0.15) is 0 Å². The molecule has 0 saturated carbocycles. The molecule has 3 rings (SSSR count). The van der Waals surface area contributed by atoms with Gasteiger partial charge in [0, 0.05) is 43.2 Å². The van der Waals surface area contributed by atoms with Crippen LogP contribution in [-0.4, -0.2) is 9.91 Å². The zero-order chi connectivity index (χ0) is 14.3. The SMILES string of the molecule is O=[N+]([O-])c1cc(Br)c(-c2cc3ccccc3[nH]2)c(Br)c1. The maximum absolute atomic E-state index is 10.9. The van der Waals surface area contributed by atoms with E-state index in [1.54, 1.807) is 0 Å². The lowest BCUT2D eigenvalue weighted by atomic mass is 10.1. The van der Waals surface area contributed by atoms with Crippen LogP contribution in [0.3, 0.4) is 0 Å². The molecule has 4 nitrogen and oxygen atoms in total. The first-order valence-electron chi connectivity index (χ1n) is 5.78. The molecule has 0 bridgehead atoms. The molecule has 6 heteroatoms. The maximum atomic E-state index is 10.9. The molecule has 0 radical (unpaired) electrons. The lowest BCUT2D eigenvalue weighted by molar-refractivity contribution is -0.385. The van der Waals surface area contributed by atoms with Crippen molar-refractivity contribution in [1.29, 1.82) is 0 Å². The van der Waals surface area contributed by atoms with Crippen molar-refractivity contribution in [3.63, 3.8) is 0 Å². The van der Waals surface area contributed by atoms with Gasteiger partial charge < -0.3 is 4.98 Å². The van der Waals surface area contributed by atoms with Gasteiger partial charge in [-0.2, -0.15) is 0 Å². The fraction of sp³-hybridized carbons (Fsp3) is 0. The van der Waals surface area contributed by atoms with E-state index >= 15 is 0 Å². The van der Waals surface area contributed by atoms with Gasteiger partial charge in [0.2, 0.25) is 0 Å². The Labute approximate surface area is 131 Å². The number of para-hydroxylation sites is 1.